The molecule has 0 N–H and O–H groups in total. The van der Waals surface area contributed by atoms with Gasteiger partial charge in [-0.1, -0.05) is 146 Å². The minimum Gasteiger partial charge on any atom is -0.456 e. The molecule has 11 aromatic rings. The van der Waals surface area contributed by atoms with Crippen LogP contribution in [0.1, 0.15) is 0 Å². The fourth-order valence-corrected chi connectivity index (χ4v) is 7.90. The number of nitrogens with zero attached hydrogens (tertiary/aromatic N) is 4. The molecule has 0 unspecified atom stereocenters. The van der Waals surface area contributed by atoms with E-state index in [2.05, 4.69) is 132 Å². The van der Waals surface area contributed by atoms with E-state index in [1.165, 1.54) is 27.4 Å². The Labute approximate surface area is 322 Å². The first-order valence-corrected chi connectivity index (χ1v) is 18.8. The number of furan rings is 1. The summed E-state index contributed by atoms with van der Waals surface area (Å²) in [6, 6.07) is 67.6. The maximum absolute atomic E-state index is 6.61. The maximum atomic E-state index is 6.61. The average molecular weight is 717 g/mol. The molecule has 0 bridgehead atoms. The highest BCUT2D eigenvalue weighted by molar-refractivity contribution is 6.12. The van der Waals surface area contributed by atoms with Gasteiger partial charge in [0.1, 0.15) is 11.2 Å². The second-order valence-electron chi connectivity index (χ2n) is 14.1. The molecule has 0 atom stereocenters. The number of rotatable bonds is 6. The van der Waals surface area contributed by atoms with Crippen LogP contribution in [0.15, 0.2) is 199 Å². The van der Waals surface area contributed by atoms with Crippen LogP contribution in [-0.4, -0.2) is 19.5 Å². The Morgan fingerprint density at radius 2 is 0.679 bits per heavy atom. The standard InChI is InChI=1S/C51H32N4O/c1-5-13-33(14-6-1)36-21-25-41-42-26-22-37(30-46(42)55(45(41)29-36)40-19-11-4-12-20-40)38-23-27-43-44-28-24-39(32-48(44)56-47(43)31-38)51-53-49(34-15-7-2-8-16-34)52-50(54-51)35-17-9-3-10-18-35/h1-32H. The second-order valence-corrected chi connectivity index (χ2v) is 14.1. The van der Waals surface area contributed by atoms with Gasteiger partial charge in [0.2, 0.25) is 0 Å². The fraction of sp³-hybridized carbons (Fsp3) is 0. The summed E-state index contributed by atoms with van der Waals surface area (Å²) in [5.41, 5.74) is 12.4. The van der Waals surface area contributed by atoms with E-state index in [1.54, 1.807) is 0 Å². The van der Waals surface area contributed by atoms with Crippen molar-refractivity contribution in [2.45, 2.75) is 0 Å². The Morgan fingerprint density at radius 3 is 1.20 bits per heavy atom. The van der Waals surface area contributed by atoms with E-state index in [-0.39, 0.29) is 0 Å². The van der Waals surface area contributed by atoms with Crippen LogP contribution in [0.3, 0.4) is 0 Å². The lowest BCUT2D eigenvalue weighted by Crippen LogP contribution is -2.00. The van der Waals surface area contributed by atoms with Crippen LogP contribution >= 0.6 is 0 Å². The van der Waals surface area contributed by atoms with Crippen molar-refractivity contribution in [3.63, 3.8) is 0 Å². The largest absolute Gasteiger partial charge is 0.456 e. The quantitative estimate of drug-likeness (QED) is 0.172. The minimum atomic E-state index is 0.596. The molecule has 0 saturated carbocycles. The molecule has 11 rings (SSSR count). The van der Waals surface area contributed by atoms with Crippen molar-refractivity contribution >= 4 is 43.7 Å². The van der Waals surface area contributed by atoms with Crippen LogP contribution < -0.4 is 0 Å². The van der Waals surface area contributed by atoms with Gasteiger partial charge >= 0.3 is 0 Å². The number of benzene rings is 8. The predicted molar refractivity (Wildman–Crippen MR) is 229 cm³/mol. The first kappa shape index (κ1) is 31.9. The molecular weight excluding hydrogens is 685 g/mol. The van der Waals surface area contributed by atoms with Crippen LogP contribution in [0.5, 0.6) is 0 Å². The molecular formula is C51H32N4O. The van der Waals surface area contributed by atoms with Crippen molar-refractivity contribution in [2.24, 2.45) is 0 Å². The van der Waals surface area contributed by atoms with E-state index in [0.29, 0.717) is 17.5 Å². The molecule has 0 fully saturated rings. The van der Waals surface area contributed by atoms with Gasteiger partial charge < -0.3 is 8.98 Å². The topological polar surface area (TPSA) is 56.7 Å². The predicted octanol–water partition coefficient (Wildman–Crippen LogP) is 13.2. The lowest BCUT2D eigenvalue weighted by atomic mass is 10.0. The molecule has 262 valence electrons. The number of para-hydroxylation sites is 1. The Balaban J connectivity index is 1.02. The summed E-state index contributed by atoms with van der Waals surface area (Å²) in [5.74, 6) is 1.85. The molecule has 56 heavy (non-hydrogen) atoms. The Morgan fingerprint density at radius 1 is 0.304 bits per heavy atom. The molecule has 0 saturated heterocycles. The Kier molecular flexibility index (Phi) is 7.42. The molecule has 0 aliphatic carbocycles. The number of aromatic nitrogens is 4. The van der Waals surface area contributed by atoms with Crippen LogP contribution in [0.25, 0.3) is 106 Å². The zero-order valence-corrected chi connectivity index (χ0v) is 30.2. The fourth-order valence-electron chi connectivity index (χ4n) is 7.90. The second kappa shape index (κ2) is 13.0. The Bertz CT molecular complexity index is 3170. The van der Waals surface area contributed by atoms with Gasteiger partial charge in [-0.3, -0.25) is 0 Å². The Hall–Kier alpha value is -7.63. The van der Waals surface area contributed by atoms with Crippen LogP contribution in [0, 0.1) is 0 Å². The summed E-state index contributed by atoms with van der Waals surface area (Å²) in [7, 11) is 0. The van der Waals surface area contributed by atoms with Gasteiger partial charge in [-0.15, -0.1) is 0 Å². The van der Waals surface area contributed by atoms with E-state index in [0.717, 1.165) is 61.0 Å². The molecule has 0 aliphatic rings. The molecule has 0 amide bonds. The highest BCUT2D eigenvalue weighted by Crippen LogP contribution is 2.39. The van der Waals surface area contributed by atoms with Crippen molar-refractivity contribution in [1.29, 1.82) is 0 Å². The van der Waals surface area contributed by atoms with Gasteiger partial charge in [0.25, 0.3) is 0 Å². The molecule has 5 nitrogen and oxygen atoms in total. The third-order valence-corrected chi connectivity index (χ3v) is 10.7. The number of fused-ring (bicyclic) bond motifs is 6. The number of hydrogen-bond donors (Lipinski definition) is 0. The van der Waals surface area contributed by atoms with Crippen molar-refractivity contribution < 1.29 is 4.42 Å². The maximum Gasteiger partial charge on any atom is 0.164 e. The normalized spacial score (nSPS) is 11.6. The smallest absolute Gasteiger partial charge is 0.164 e. The van der Waals surface area contributed by atoms with E-state index >= 15 is 0 Å². The highest BCUT2D eigenvalue weighted by Gasteiger charge is 2.17. The average Bonchev–Trinajstić information content (AvgIpc) is 3.81. The summed E-state index contributed by atoms with van der Waals surface area (Å²) in [6.07, 6.45) is 0. The molecule has 3 aromatic heterocycles. The lowest BCUT2D eigenvalue weighted by Gasteiger charge is -2.10. The molecule has 0 aliphatic heterocycles. The summed E-state index contributed by atoms with van der Waals surface area (Å²) in [5, 5.41) is 4.55. The first-order chi connectivity index (χ1) is 27.7. The zero-order chi connectivity index (χ0) is 37.0. The van der Waals surface area contributed by atoms with Crippen LogP contribution in [0.2, 0.25) is 0 Å². The van der Waals surface area contributed by atoms with Crippen molar-refractivity contribution in [3.8, 4) is 62.1 Å². The van der Waals surface area contributed by atoms with Gasteiger partial charge in [-0.05, 0) is 70.8 Å². The monoisotopic (exact) mass is 716 g/mol. The van der Waals surface area contributed by atoms with Crippen molar-refractivity contribution in [3.05, 3.63) is 194 Å². The van der Waals surface area contributed by atoms with Gasteiger partial charge in [0, 0.05) is 43.9 Å². The van der Waals surface area contributed by atoms with Crippen molar-refractivity contribution in [2.75, 3.05) is 0 Å². The molecule has 0 spiro atoms. The van der Waals surface area contributed by atoms with Gasteiger partial charge in [0.05, 0.1) is 11.0 Å². The lowest BCUT2D eigenvalue weighted by molar-refractivity contribution is 0.669. The van der Waals surface area contributed by atoms with Gasteiger partial charge in [-0.2, -0.15) is 0 Å². The van der Waals surface area contributed by atoms with E-state index in [1.807, 2.05) is 66.7 Å². The van der Waals surface area contributed by atoms with Gasteiger partial charge in [-0.25, -0.2) is 15.0 Å². The van der Waals surface area contributed by atoms with Crippen LogP contribution in [-0.2, 0) is 0 Å². The SMILES string of the molecule is c1ccc(-c2ccc3c4ccc(-c5ccc6c(c5)oc5cc(-c7nc(-c8ccccc8)nc(-c8ccccc8)n7)ccc56)cc4n(-c4ccccc4)c3c2)cc1. The summed E-state index contributed by atoms with van der Waals surface area (Å²) >= 11 is 0. The third kappa shape index (κ3) is 5.45. The zero-order valence-electron chi connectivity index (χ0n) is 30.2. The molecule has 0 radical (unpaired) electrons. The minimum absolute atomic E-state index is 0.596. The summed E-state index contributed by atoms with van der Waals surface area (Å²) < 4.78 is 9.00. The van der Waals surface area contributed by atoms with Gasteiger partial charge in [0.15, 0.2) is 17.5 Å². The van der Waals surface area contributed by atoms with E-state index < -0.39 is 0 Å². The van der Waals surface area contributed by atoms with Crippen molar-refractivity contribution in [1.82, 2.24) is 19.5 Å². The molecule has 8 aromatic carbocycles. The van der Waals surface area contributed by atoms with E-state index in [9.17, 15) is 0 Å². The highest BCUT2D eigenvalue weighted by atomic mass is 16.3. The number of hydrogen-bond acceptors (Lipinski definition) is 4. The summed E-state index contributed by atoms with van der Waals surface area (Å²) in [4.78, 5) is 14.7. The van der Waals surface area contributed by atoms with E-state index in [4.69, 9.17) is 19.4 Å². The molecule has 5 heteroatoms. The third-order valence-electron chi connectivity index (χ3n) is 10.7. The van der Waals surface area contributed by atoms with Crippen LogP contribution in [0.4, 0.5) is 0 Å². The first-order valence-electron chi connectivity index (χ1n) is 18.8. The molecule has 3 heterocycles. The summed E-state index contributed by atoms with van der Waals surface area (Å²) in [6.45, 7) is 0.